The molecule has 1 saturated heterocycles. The van der Waals surface area contributed by atoms with Crippen molar-refractivity contribution in [1.29, 1.82) is 5.26 Å². The minimum Gasteiger partial charge on any atom is -0.460 e. The number of furan rings is 1. The highest BCUT2D eigenvalue weighted by molar-refractivity contribution is 7.88. The van der Waals surface area contributed by atoms with Crippen LogP contribution in [0.2, 0.25) is 0 Å². The molecule has 1 aromatic rings. The fraction of sp³-hybridized carbons (Fsp3) is 0.500. The van der Waals surface area contributed by atoms with Crippen LogP contribution < -0.4 is 5.32 Å². The maximum Gasteiger partial charge on any atom is 0.331 e. The van der Waals surface area contributed by atoms with E-state index in [1.807, 2.05) is 6.07 Å². The van der Waals surface area contributed by atoms with E-state index in [4.69, 9.17) is 9.68 Å². The van der Waals surface area contributed by atoms with Gasteiger partial charge < -0.3 is 4.42 Å². The average molecular weight is 449 g/mol. The Bertz CT molecular complexity index is 1050. The molecule has 4 amide bonds. The van der Waals surface area contributed by atoms with Crippen molar-refractivity contribution in [3.63, 3.8) is 0 Å². The topological polar surface area (TPSA) is 141 Å². The van der Waals surface area contributed by atoms with E-state index in [2.05, 4.69) is 5.32 Å². The van der Waals surface area contributed by atoms with Crippen LogP contribution in [0.25, 0.3) is 6.08 Å². The van der Waals surface area contributed by atoms with Gasteiger partial charge in [0.2, 0.25) is 10.0 Å². The molecule has 0 bridgehead atoms. The number of carbonyl (C=O) groups is 3. The van der Waals surface area contributed by atoms with Gasteiger partial charge in [0.15, 0.2) is 0 Å². The molecule has 1 saturated carbocycles. The molecule has 1 aliphatic heterocycles. The number of nitrogens with zero attached hydrogens (tertiary/aromatic N) is 3. The largest absolute Gasteiger partial charge is 0.460 e. The van der Waals surface area contributed by atoms with Gasteiger partial charge in [-0.05, 0) is 31.1 Å². The Morgan fingerprint density at radius 1 is 1.26 bits per heavy atom. The SMILES string of the molecule is CS(=O)(=O)N(CCC#N)Cc1ccc(/C=C2\C(=O)NC(=O)N(C3CCCCC3)C2=O)o1. The molecule has 0 unspecified atom stereocenters. The van der Waals surface area contributed by atoms with E-state index < -0.39 is 27.9 Å². The first-order valence-electron chi connectivity index (χ1n) is 10.0. The lowest BCUT2D eigenvalue weighted by Gasteiger charge is -2.35. The first-order valence-corrected chi connectivity index (χ1v) is 11.9. The van der Waals surface area contributed by atoms with Gasteiger partial charge in [0.05, 0.1) is 18.9 Å². The van der Waals surface area contributed by atoms with Crippen molar-refractivity contribution < 1.29 is 27.2 Å². The molecule has 2 heterocycles. The maximum absolute atomic E-state index is 12.9. The van der Waals surface area contributed by atoms with Gasteiger partial charge in [0, 0.05) is 19.0 Å². The molecule has 31 heavy (non-hydrogen) atoms. The Hall–Kier alpha value is -2.97. The number of amides is 4. The Balaban J connectivity index is 1.80. The lowest BCUT2D eigenvalue weighted by Crippen LogP contribution is -2.58. The first-order chi connectivity index (χ1) is 14.7. The fourth-order valence-electron chi connectivity index (χ4n) is 3.75. The minimum absolute atomic E-state index is 0.0197. The Morgan fingerprint density at radius 2 is 1.97 bits per heavy atom. The lowest BCUT2D eigenvalue weighted by atomic mass is 9.93. The predicted molar refractivity (Wildman–Crippen MR) is 109 cm³/mol. The second kappa shape index (κ2) is 9.45. The molecule has 0 radical (unpaired) electrons. The summed E-state index contributed by atoms with van der Waals surface area (Å²) < 4.78 is 30.5. The van der Waals surface area contributed by atoms with Crippen LogP contribution in [0.5, 0.6) is 0 Å². The van der Waals surface area contributed by atoms with E-state index >= 15 is 0 Å². The quantitative estimate of drug-likeness (QED) is 0.495. The van der Waals surface area contributed by atoms with Crippen LogP contribution in [0.1, 0.15) is 50.0 Å². The summed E-state index contributed by atoms with van der Waals surface area (Å²) >= 11 is 0. The summed E-state index contributed by atoms with van der Waals surface area (Å²) in [5, 5.41) is 10.9. The third kappa shape index (κ3) is 5.39. The third-order valence-corrected chi connectivity index (χ3v) is 6.57. The molecule has 1 N–H and O–H groups in total. The molecule has 3 rings (SSSR count). The highest BCUT2D eigenvalue weighted by Gasteiger charge is 2.40. The summed E-state index contributed by atoms with van der Waals surface area (Å²) in [5.74, 6) is -0.989. The van der Waals surface area contributed by atoms with Gasteiger partial charge in [0.1, 0.15) is 17.1 Å². The van der Waals surface area contributed by atoms with Crippen LogP contribution in [0.4, 0.5) is 4.79 Å². The smallest absolute Gasteiger partial charge is 0.331 e. The number of rotatable bonds is 7. The molecule has 0 atom stereocenters. The van der Waals surface area contributed by atoms with Crippen molar-refractivity contribution in [1.82, 2.24) is 14.5 Å². The molecular formula is C20H24N4O6S. The Kier molecular flexibility index (Phi) is 6.92. The van der Waals surface area contributed by atoms with Gasteiger partial charge in [-0.25, -0.2) is 13.2 Å². The van der Waals surface area contributed by atoms with Gasteiger partial charge in [0.25, 0.3) is 11.8 Å². The zero-order valence-electron chi connectivity index (χ0n) is 17.2. The maximum atomic E-state index is 12.9. The molecule has 0 spiro atoms. The van der Waals surface area contributed by atoms with E-state index in [9.17, 15) is 22.8 Å². The van der Waals surface area contributed by atoms with E-state index in [1.165, 1.54) is 18.2 Å². The zero-order valence-corrected chi connectivity index (χ0v) is 18.0. The van der Waals surface area contributed by atoms with Crippen molar-refractivity contribution >= 4 is 33.9 Å². The number of hydrogen-bond acceptors (Lipinski definition) is 7. The highest BCUT2D eigenvalue weighted by atomic mass is 32.2. The zero-order chi connectivity index (χ0) is 22.6. The third-order valence-electron chi connectivity index (χ3n) is 5.32. The van der Waals surface area contributed by atoms with E-state index in [-0.39, 0.29) is 36.9 Å². The van der Waals surface area contributed by atoms with Crippen LogP contribution >= 0.6 is 0 Å². The molecular weight excluding hydrogens is 424 g/mol. The van der Waals surface area contributed by atoms with Crippen LogP contribution in [0.15, 0.2) is 22.1 Å². The second-order valence-corrected chi connectivity index (χ2v) is 9.58. The van der Waals surface area contributed by atoms with Gasteiger partial charge in [-0.3, -0.25) is 19.8 Å². The summed E-state index contributed by atoms with van der Waals surface area (Å²) in [6.07, 6.45) is 6.62. The number of sulfonamides is 1. The fourth-order valence-corrected chi connectivity index (χ4v) is 4.54. The number of imide groups is 2. The van der Waals surface area contributed by atoms with Gasteiger partial charge >= 0.3 is 6.03 Å². The van der Waals surface area contributed by atoms with Gasteiger partial charge in [-0.2, -0.15) is 9.57 Å². The van der Waals surface area contributed by atoms with Gasteiger partial charge in [-0.15, -0.1) is 0 Å². The first kappa shape index (κ1) is 22.7. The molecule has 2 fully saturated rings. The Labute approximate surface area is 180 Å². The molecule has 166 valence electrons. The van der Waals surface area contributed by atoms with Crippen LogP contribution in [0.3, 0.4) is 0 Å². The summed E-state index contributed by atoms with van der Waals surface area (Å²) in [5.41, 5.74) is -0.212. The monoisotopic (exact) mass is 448 g/mol. The summed E-state index contributed by atoms with van der Waals surface area (Å²) in [6.45, 7) is -0.0671. The lowest BCUT2D eigenvalue weighted by molar-refractivity contribution is -0.132. The van der Waals surface area contributed by atoms with Crippen LogP contribution in [-0.2, 0) is 26.2 Å². The number of barbiturate groups is 1. The van der Waals surface area contributed by atoms with E-state index in [1.54, 1.807) is 0 Å². The summed E-state index contributed by atoms with van der Waals surface area (Å²) in [7, 11) is -3.55. The summed E-state index contributed by atoms with van der Waals surface area (Å²) in [6, 6.07) is 3.99. The predicted octanol–water partition coefficient (Wildman–Crippen LogP) is 1.75. The number of nitriles is 1. The number of hydrogen-bond donors (Lipinski definition) is 1. The number of urea groups is 1. The van der Waals surface area contributed by atoms with Crippen molar-refractivity contribution in [3.8, 4) is 6.07 Å². The van der Waals surface area contributed by atoms with Crippen LogP contribution in [-0.4, -0.2) is 54.3 Å². The minimum atomic E-state index is -3.55. The Morgan fingerprint density at radius 3 is 2.61 bits per heavy atom. The molecule has 2 aliphatic rings. The van der Waals surface area contributed by atoms with Crippen molar-refractivity contribution in [2.45, 2.75) is 51.1 Å². The molecule has 11 heteroatoms. The van der Waals surface area contributed by atoms with Crippen molar-refractivity contribution in [2.24, 2.45) is 0 Å². The molecule has 1 aromatic heterocycles. The van der Waals surface area contributed by atoms with E-state index in [0.717, 1.165) is 34.7 Å². The highest BCUT2D eigenvalue weighted by Crippen LogP contribution is 2.26. The van der Waals surface area contributed by atoms with Crippen LogP contribution in [0, 0.1) is 11.3 Å². The normalized spacial score (nSPS) is 19.7. The standard InChI is InChI=1S/C20H24N4O6S/c1-31(28,29)23(11-5-10-21)13-16-9-8-15(30-16)12-17-18(25)22-20(27)24(19(17)26)14-6-3-2-4-7-14/h8-9,12,14H,2-7,11,13H2,1H3,(H,22,25,27)/b17-12+. The molecule has 0 aromatic carbocycles. The molecule has 10 nitrogen and oxygen atoms in total. The number of nitrogens with one attached hydrogen (secondary N) is 1. The van der Waals surface area contributed by atoms with Crippen molar-refractivity contribution in [3.05, 3.63) is 29.2 Å². The van der Waals surface area contributed by atoms with Crippen molar-refractivity contribution in [2.75, 3.05) is 12.8 Å². The second-order valence-electron chi connectivity index (χ2n) is 7.59. The number of carbonyl (C=O) groups excluding carboxylic acids is 3. The molecule has 1 aliphatic carbocycles. The van der Waals surface area contributed by atoms with E-state index in [0.29, 0.717) is 18.6 Å². The van der Waals surface area contributed by atoms with Gasteiger partial charge in [-0.1, -0.05) is 19.3 Å². The summed E-state index contributed by atoms with van der Waals surface area (Å²) in [4.78, 5) is 38.5. The average Bonchev–Trinajstić information content (AvgIpc) is 3.15.